The van der Waals surface area contributed by atoms with Gasteiger partial charge in [-0.25, -0.2) is 0 Å². The lowest BCUT2D eigenvalue weighted by atomic mass is 9.80. The summed E-state index contributed by atoms with van der Waals surface area (Å²) in [5.74, 6) is 0.688. The van der Waals surface area contributed by atoms with Gasteiger partial charge >= 0.3 is 0 Å². The Hall–Kier alpha value is -2.87. The first-order valence-electron chi connectivity index (χ1n) is 7.73. The maximum absolute atomic E-state index is 6.49. The van der Waals surface area contributed by atoms with Crippen molar-refractivity contribution in [2.24, 2.45) is 4.99 Å². The van der Waals surface area contributed by atoms with Gasteiger partial charge in [0, 0.05) is 29.3 Å². The van der Waals surface area contributed by atoms with Crippen LogP contribution in [0.5, 0.6) is 0 Å². The summed E-state index contributed by atoms with van der Waals surface area (Å²) in [7, 11) is 1.78. The lowest BCUT2D eigenvalue weighted by molar-refractivity contribution is 0.158. The van der Waals surface area contributed by atoms with E-state index in [1.807, 2.05) is 42.5 Å². The molecular weight excluding hydrogens is 282 g/mol. The van der Waals surface area contributed by atoms with E-state index < -0.39 is 5.60 Å². The molecule has 112 valence electrons. The summed E-state index contributed by atoms with van der Waals surface area (Å²) in [4.78, 5) is 4.37. The van der Waals surface area contributed by atoms with Gasteiger partial charge in [-0.1, -0.05) is 78.9 Å². The van der Waals surface area contributed by atoms with E-state index >= 15 is 0 Å². The minimum Gasteiger partial charge on any atom is -0.456 e. The van der Waals surface area contributed by atoms with Crippen LogP contribution >= 0.6 is 0 Å². The van der Waals surface area contributed by atoms with Crippen LogP contribution in [0.3, 0.4) is 0 Å². The lowest BCUT2D eigenvalue weighted by Gasteiger charge is -2.30. The number of nitrogens with zero attached hydrogens (tertiary/aromatic N) is 1. The quantitative estimate of drug-likeness (QED) is 0.688. The molecule has 0 radical (unpaired) electrons. The largest absolute Gasteiger partial charge is 0.456 e. The molecule has 0 unspecified atom stereocenters. The molecule has 0 spiro atoms. The van der Waals surface area contributed by atoms with Crippen molar-refractivity contribution in [2.45, 2.75) is 5.60 Å². The van der Waals surface area contributed by atoms with E-state index in [0.717, 1.165) is 22.3 Å². The Morgan fingerprint density at radius 1 is 0.696 bits per heavy atom. The van der Waals surface area contributed by atoms with E-state index in [2.05, 4.69) is 47.5 Å². The van der Waals surface area contributed by atoms with Crippen LogP contribution in [-0.2, 0) is 10.3 Å². The Morgan fingerprint density at radius 3 is 1.78 bits per heavy atom. The van der Waals surface area contributed by atoms with Crippen LogP contribution in [0, 0.1) is 0 Å². The van der Waals surface area contributed by atoms with Gasteiger partial charge in [-0.15, -0.1) is 0 Å². The monoisotopic (exact) mass is 299 g/mol. The zero-order valence-corrected chi connectivity index (χ0v) is 12.9. The van der Waals surface area contributed by atoms with Gasteiger partial charge in [-0.3, -0.25) is 4.99 Å². The Morgan fingerprint density at radius 2 is 1.22 bits per heavy atom. The molecule has 0 saturated carbocycles. The van der Waals surface area contributed by atoms with E-state index in [1.54, 1.807) is 7.05 Å². The first-order valence-corrected chi connectivity index (χ1v) is 7.73. The third-order valence-corrected chi connectivity index (χ3v) is 4.35. The highest BCUT2D eigenvalue weighted by molar-refractivity contribution is 6.00. The van der Waals surface area contributed by atoms with E-state index in [0.29, 0.717) is 5.90 Å². The predicted molar refractivity (Wildman–Crippen MR) is 92.8 cm³/mol. The van der Waals surface area contributed by atoms with Crippen LogP contribution in [0.1, 0.15) is 22.3 Å². The fourth-order valence-electron chi connectivity index (χ4n) is 3.34. The van der Waals surface area contributed by atoms with Crippen LogP contribution in [-0.4, -0.2) is 12.9 Å². The van der Waals surface area contributed by atoms with Crippen molar-refractivity contribution in [1.29, 1.82) is 0 Å². The predicted octanol–water partition coefficient (Wildman–Crippen LogP) is 4.39. The Balaban J connectivity index is 2.07. The van der Waals surface area contributed by atoms with Crippen molar-refractivity contribution in [2.75, 3.05) is 7.05 Å². The third kappa shape index (κ3) is 1.99. The fraction of sp³-hybridized carbons (Fsp3) is 0.0952. The molecule has 1 aliphatic rings. The molecule has 0 amide bonds. The maximum Gasteiger partial charge on any atom is 0.217 e. The maximum atomic E-state index is 6.49. The average Bonchev–Trinajstić information content (AvgIpc) is 2.99. The molecule has 23 heavy (non-hydrogen) atoms. The smallest absolute Gasteiger partial charge is 0.217 e. The third-order valence-electron chi connectivity index (χ3n) is 4.35. The number of rotatable bonds is 2. The van der Waals surface area contributed by atoms with Crippen LogP contribution in [0.4, 0.5) is 0 Å². The van der Waals surface area contributed by atoms with Gasteiger partial charge in [0.1, 0.15) is 0 Å². The van der Waals surface area contributed by atoms with Crippen LogP contribution in [0.2, 0.25) is 0 Å². The van der Waals surface area contributed by atoms with E-state index in [-0.39, 0.29) is 0 Å². The van der Waals surface area contributed by atoms with Crippen LogP contribution < -0.4 is 0 Å². The van der Waals surface area contributed by atoms with Gasteiger partial charge in [-0.05, 0) is 6.07 Å². The van der Waals surface area contributed by atoms with Gasteiger partial charge in [0.15, 0.2) is 5.60 Å². The minimum atomic E-state index is -0.645. The molecule has 2 nitrogen and oxygen atoms in total. The van der Waals surface area contributed by atoms with Crippen LogP contribution in [0.25, 0.3) is 0 Å². The number of hydrogen-bond donors (Lipinski definition) is 0. The van der Waals surface area contributed by atoms with Crippen molar-refractivity contribution in [1.82, 2.24) is 0 Å². The second-order valence-corrected chi connectivity index (χ2v) is 5.59. The van der Waals surface area contributed by atoms with Crippen molar-refractivity contribution >= 4 is 5.90 Å². The highest BCUT2D eigenvalue weighted by Crippen LogP contribution is 2.46. The molecule has 0 aromatic heterocycles. The molecular formula is C21H17NO. The summed E-state index contributed by atoms with van der Waals surface area (Å²) in [6, 6.07) is 29.0. The van der Waals surface area contributed by atoms with Crippen molar-refractivity contribution in [3.8, 4) is 0 Å². The topological polar surface area (TPSA) is 21.6 Å². The second-order valence-electron chi connectivity index (χ2n) is 5.59. The molecule has 0 atom stereocenters. The summed E-state index contributed by atoms with van der Waals surface area (Å²) >= 11 is 0. The number of aliphatic imine (C=N–C) groups is 1. The summed E-state index contributed by atoms with van der Waals surface area (Å²) < 4.78 is 6.49. The number of ether oxygens (including phenoxy) is 1. The highest BCUT2D eigenvalue weighted by Gasteiger charge is 2.46. The van der Waals surface area contributed by atoms with Gasteiger partial charge in [0.25, 0.3) is 0 Å². The molecule has 2 heteroatoms. The van der Waals surface area contributed by atoms with Crippen molar-refractivity contribution in [3.05, 3.63) is 107 Å². The normalized spacial score (nSPS) is 16.8. The second kappa shape index (κ2) is 5.40. The molecule has 0 fully saturated rings. The average molecular weight is 299 g/mol. The fourth-order valence-corrected chi connectivity index (χ4v) is 3.34. The zero-order valence-electron chi connectivity index (χ0n) is 12.9. The van der Waals surface area contributed by atoms with E-state index in [1.165, 1.54) is 0 Å². The van der Waals surface area contributed by atoms with E-state index in [9.17, 15) is 0 Å². The zero-order chi connectivity index (χ0) is 15.7. The molecule has 0 bridgehead atoms. The molecule has 0 aliphatic carbocycles. The summed E-state index contributed by atoms with van der Waals surface area (Å²) in [5, 5.41) is 0. The van der Waals surface area contributed by atoms with Crippen molar-refractivity contribution < 1.29 is 4.74 Å². The Labute approximate surface area is 136 Å². The lowest BCUT2D eigenvalue weighted by Crippen LogP contribution is -2.29. The van der Waals surface area contributed by atoms with Crippen LogP contribution in [0.15, 0.2) is 89.9 Å². The summed E-state index contributed by atoms with van der Waals surface area (Å²) in [6.07, 6.45) is 0. The standard InChI is InChI=1S/C21H17NO/c1-22-20-18-14-8-9-15-19(18)21(23-20,16-10-4-2-5-11-16)17-12-6-3-7-13-17/h2-15H,1H3. The Kier molecular flexibility index (Phi) is 3.23. The molecule has 3 aromatic rings. The van der Waals surface area contributed by atoms with E-state index in [4.69, 9.17) is 4.74 Å². The summed E-state index contributed by atoms with van der Waals surface area (Å²) in [6.45, 7) is 0. The molecule has 0 N–H and O–H groups in total. The molecule has 1 aliphatic heterocycles. The number of fused-ring (bicyclic) bond motifs is 1. The molecule has 0 saturated heterocycles. The van der Waals surface area contributed by atoms with Gasteiger partial charge in [0.05, 0.1) is 0 Å². The highest BCUT2D eigenvalue weighted by atomic mass is 16.5. The first kappa shape index (κ1) is 13.8. The molecule has 3 aromatic carbocycles. The molecule has 4 rings (SSSR count). The SMILES string of the molecule is CN=C1OC(c2ccccc2)(c2ccccc2)c2ccccc21. The van der Waals surface area contributed by atoms with Crippen molar-refractivity contribution in [3.63, 3.8) is 0 Å². The van der Waals surface area contributed by atoms with Gasteiger partial charge in [0.2, 0.25) is 5.90 Å². The van der Waals surface area contributed by atoms with Gasteiger partial charge < -0.3 is 4.74 Å². The van der Waals surface area contributed by atoms with Gasteiger partial charge in [-0.2, -0.15) is 0 Å². The minimum absolute atomic E-state index is 0.645. The Bertz CT molecular complexity index is 814. The summed E-state index contributed by atoms with van der Waals surface area (Å²) in [5.41, 5.74) is 3.77. The number of benzene rings is 3. The first-order chi connectivity index (χ1) is 11.4. The number of hydrogen-bond acceptors (Lipinski definition) is 2. The molecule has 1 heterocycles.